The monoisotopic (exact) mass is 222 g/mol. The largest absolute Gasteiger partial charge is 0.495 e. The van der Waals surface area contributed by atoms with Crippen molar-refractivity contribution in [2.24, 2.45) is 0 Å². The molecule has 0 spiro atoms. The number of amides is 1. The molecular formula is C12H18N2O2. The fourth-order valence-corrected chi connectivity index (χ4v) is 1.37. The van der Waals surface area contributed by atoms with Crippen LogP contribution in [0.25, 0.3) is 0 Å². The van der Waals surface area contributed by atoms with Gasteiger partial charge in [0.1, 0.15) is 5.75 Å². The summed E-state index contributed by atoms with van der Waals surface area (Å²) in [5.74, 6) is 0.668. The first-order valence-electron chi connectivity index (χ1n) is 5.26. The summed E-state index contributed by atoms with van der Waals surface area (Å²) in [5, 5.41) is 5.77. The molecule has 4 heteroatoms. The van der Waals surface area contributed by atoms with Crippen molar-refractivity contribution in [3.8, 4) is 5.75 Å². The second-order valence-electron chi connectivity index (χ2n) is 3.61. The normalized spacial score (nSPS) is 9.94. The molecule has 4 nitrogen and oxygen atoms in total. The lowest BCUT2D eigenvalue weighted by Crippen LogP contribution is -2.19. The third kappa shape index (κ3) is 3.55. The summed E-state index contributed by atoms with van der Waals surface area (Å²) in [7, 11) is 3.41. The molecular weight excluding hydrogens is 204 g/mol. The average molecular weight is 222 g/mol. The van der Waals surface area contributed by atoms with Crippen molar-refractivity contribution in [1.82, 2.24) is 5.32 Å². The number of nitrogens with one attached hydrogen (secondary N) is 2. The molecule has 0 bridgehead atoms. The molecule has 1 aromatic carbocycles. The Hall–Kier alpha value is -1.55. The molecule has 0 aliphatic heterocycles. The highest BCUT2D eigenvalue weighted by atomic mass is 16.5. The smallest absolute Gasteiger partial charge is 0.225 e. The minimum absolute atomic E-state index is 0.0155. The molecule has 0 saturated carbocycles. The first kappa shape index (κ1) is 12.5. The number of hydrogen-bond donors (Lipinski definition) is 2. The fraction of sp³-hybridized carbons (Fsp3) is 0.417. The van der Waals surface area contributed by atoms with Crippen molar-refractivity contribution in [3.05, 3.63) is 23.8 Å². The van der Waals surface area contributed by atoms with Crippen LogP contribution < -0.4 is 15.4 Å². The number of carbonyl (C=O) groups is 1. The average Bonchev–Trinajstić information content (AvgIpc) is 2.27. The molecule has 0 unspecified atom stereocenters. The summed E-state index contributed by atoms with van der Waals surface area (Å²) in [6.45, 7) is 2.64. The van der Waals surface area contributed by atoms with E-state index in [0.717, 1.165) is 11.3 Å². The van der Waals surface area contributed by atoms with E-state index in [-0.39, 0.29) is 5.91 Å². The minimum Gasteiger partial charge on any atom is -0.495 e. The Morgan fingerprint density at radius 1 is 1.44 bits per heavy atom. The van der Waals surface area contributed by atoms with Crippen LogP contribution >= 0.6 is 0 Å². The summed E-state index contributed by atoms with van der Waals surface area (Å²) in [4.78, 5) is 11.5. The fourth-order valence-electron chi connectivity index (χ4n) is 1.37. The molecule has 1 aromatic rings. The number of methoxy groups -OCH3 is 1. The lowest BCUT2D eigenvalue weighted by molar-refractivity contribution is -0.116. The highest BCUT2D eigenvalue weighted by molar-refractivity contribution is 5.92. The number of benzene rings is 1. The van der Waals surface area contributed by atoms with Gasteiger partial charge in [0.15, 0.2) is 0 Å². The van der Waals surface area contributed by atoms with Gasteiger partial charge in [0.2, 0.25) is 5.91 Å². The van der Waals surface area contributed by atoms with Gasteiger partial charge in [-0.1, -0.05) is 6.07 Å². The van der Waals surface area contributed by atoms with E-state index >= 15 is 0 Å². The molecule has 0 radical (unpaired) electrons. The van der Waals surface area contributed by atoms with Crippen molar-refractivity contribution in [3.63, 3.8) is 0 Å². The summed E-state index contributed by atoms with van der Waals surface area (Å²) in [5.41, 5.74) is 1.81. The lowest BCUT2D eigenvalue weighted by atomic mass is 10.2. The molecule has 0 fully saturated rings. The van der Waals surface area contributed by atoms with Crippen molar-refractivity contribution in [1.29, 1.82) is 0 Å². The van der Waals surface area contributed by atoms with Crippen LogP contribution in [0, 0.1) is 6.92 Å². The van der Waals surface area contributed by atoms with Crippen LogP contribution in [0.5, 0.6) is 5.75 Å². The first-order valence-corrected chi connectivity index (χ1v) is 5.26. The molecule has 88 valence electrons. The van der Waals surface area contributed by atoms with Gasteiger partial charge in [0, 0.05) is 13.0 Å². The Morgan fingerprint density at radius 3 is 2.81 bits per heavy atom. The standard InChI is InChI=1S/C12H18N2O2/c1-9-4-5-11(16-3)10(8-9)14-12(15)6-7-13-2/h4-5,8,13H,6-7H2,1-3H3,(H,14,15). The van der Waals surface area contributed by atoms with Gasteiger partial charge in [-0.15, -0.1) is 0 Å². The topological polar surface area (TPSA) is 50.4 Å². The second kappa shape index (κ2) is 6.12. The number of aryl methyl sites for hydroxylation is 1. The second-order valence-corrected chi connectivity index (χ2v) is 3.61. The molecule has 0 aromatic heterocycles. The van der Waals surface area contributed by atoms with Crippen LogP contribution in [0.4, 0.5) is 5.69 Å². The Balaban J connectivity index is 2.71. The predicted octanol–water partition coefficient (Wildman–Crippen LogP) is 1.55. The van der Waals surface area contributed by atoms with E-state index in [2.05, 4.69) is 10.6 Å². The van der Waals surface area contributed by atoms with E-state index in [0.29, 0.717) is 18.7 Å². The van der Waals surface area contributed by atoms with Crippen LogP contribution in [0.1, 0.15) is 12.0 Å². The van der Waals surface area contributed by atoms with Crippen LogP contribution in [-0.4, -0.2) is 26.6 Å². The van der Waals surface area contributed by atoms with E-state index < -0.39 is 0 Å². The molecule has 2 N–H and O–H groups in total. The molecule has 16 heavy (non-hydrogen) atoms. The Kier molecular flexibility index (Phi) is 4.79. The van der Waals surface area contributed by atoms with Crippen molar-refractivity contribution < 1.29 is 9.53 Å². The molecule has 1 amide bonds. The van der Waals surface area contributed by atoms with E-state index in [1.807, 2.05) is 32.2 Å². The van der Waals surface area contributed by atoms with Crippen LogP contribution in [0.15, 0.2) is 18.2 Å². The van der Waals surface area contributed by atoms with Gasteiger partial charge in [-0.3, -0.25) is 4.79 Å². The van der Waals surface area contributed by atoms with E-state index in [9.17, 15) is 4.79 Å². The first-order chi connectivity index (χ1) is 7.67. The zero-order valence-corrected chi connectivity index (χ0v) is 9.96. The maximum absolute atomic E-state index is 11.5. The third-order valence-corrected chi connectivity index (χ3v) is 2.23. The van der Waals surface area contributed by atoms with Crippen LogP contribution in [0.3, 0.4) is 0 Å². The summed E-state index contributed by atoms with van der Waals surface area (Å²) < 4.78 is 5.18. The van der Waals surface area contributed by atoms with E-state index in [4.69, 9.17) is 4.74 Å². The maximum Gasteiger partial charge on any atom is 0.225 e. The SMILES string of the molecule is CNCCC(=O)Nc1cc(C)ccc1OC. The van der Waals surface area contributed by atoms with Crippen molar-refractivity contribution in [2.75, 3.05) is 26.0 Å². The van der Waals surface area contributed by atoms with Crippen LogP contribution in [0.2, 0.25) is 0 Å². The molecule has 0 aliphatic rings. The molecule has 0 saturated heterocycles. The van der Waals surface area contributed by atoms with Gasteiger partial charge in [0.25, 0.3) is 0 Å². The van der Waals surface area contributed by atoms with E-state index in [1.54, 1.807) is 7.11 Å². The summed E-state index contributed by atoms with van der Waals surface area (Å²) in [6, 6.07) is 5.70. The lowest BCUT2D eigenvalue weighted by Gasteiger charge is -2.10. The Bertz CT molecular complexity index is 364. The van der Waals surface area contributed by atoms with Gasteiger partial charge in [-0.05, 0) is 31.7 Å². The highest BCUT2D eigenvalue weighted by Gasteiger charge is 2.06. The number of hydrogen-bond acceptors (Lipinski definition) is 3. The van der Waals surface area contributed by atoms with Crippen LogP contribution in [-0.2, 0) is 4.79 Å². The Labute approximate surface area is 96.0 Å². The third-order valence-electron chi connectivity index (χ3n) is 2.23. The number of rotatable bonds is 5. The highest BCUT2D eigenvalue weighted by Crippen LogP contribution is 2.25. The molecule has 0 atom stereocenters. The van der Waals surface area contributed by atoms with Crippen molar-refractivity contribution in [2.45, 2.75) is 13.3 Å². The molecule has 0 aliphatic carbocycles. The number of anilines is 1. The molecule has 0 heterocycles. The Morgan fingerprint density at radius 2 is 2.19 bits per heavy atom. The predicted molar refractivity (Wildman–Crippen MR) is 64.9 cm³/mol. The van der Waals surface area contributed by atoms with Gasteiger partial charge in [-0.2, -0.15) is 0 Å². The molecule has 1 rings (SSSR count). The van der Waals surface area contributed by atoms with Gasteiger partial charge in [0.05, 0.1) is 12.8 Å². The zero-order valence-electron chi connectivity index (χ0n) is 9.96. The maximum atomic E-state index is 11.5. The van der Waals surface area contributed by atoms with Gasteiger partial charge >= 0.3 is 0 Å². The zero-order chi connectivity index (χ0) is 12.0. The number of carbonyl (C=O) groups excluding carboxylic acids is 1. The van der Waals surface area contributed by atoms with Gasteiger partial charge in [-0.25, -0.2) is 0 Å². The summed E-state index contributed by atoms with van der Waals surface area (Å²) >= 11 is 0. The quantitative estimate of drug-likeness (QED) is 0.794. The van der Waals surface area contributed by atoms with E-state index in [1.165, 1.54) is 0 Å². The number of ether oxygens (including phenoxy) is 1. The summed E-state index contributed by atoms with van der Waals surface area (Å²) in [6.07, 6.45) is 0.452. The van der Waals surface area contributed by atoms with Gasteiger partial charge < -0.3 is 15.4 Å². The minimum atomic E-state index is -0.0155. The van der Waals surface area contributed by atoms with Crippen molar-refractivity contribution >= 4 is 11.6 Å².